The highest BCUT2D eigenvalue weighted by Gasteiger charge is 2.37. The molecule has 61 heavy (non-hydrogen) atoms. The zero-order chi connectivity index (χ0) is 47.0. The zero-order valence-corrected chi connectivity index (χ0v) is 37.2. The maximum Gasteiger partial charge on any atom is 0.343 e. The van der Waals surface area contributed by atoms with Crippen LogP contribution in [0, 0.1) is 0 Å². The number of carbonyl (C=O) groups excluding carboxylic acids is 8. The smallest absolute Gasteiger partial charge is 0.343 e. The van der Waals surface area contributed by atoms with Crippen molar-refractivity contribution in [3.05, 3.63) is 27.7 Å². The van der Waals surface area contributed by atoms with E-state index in [1.807, 2.05) is 41.5 Å². The van der Waals surface area contributed by atoms with Crippen LogP contribution in [0.3, 0.4) is 0 Å². The fraction of sp³-hybridized carbons (Fsp3) is 0.683. The molecule has 0 bridgehead atoms. The number of pyridine rings is 1. The van der Waals surface area contributed by atoms with Crippen molar-refractivity contribution in [2.75, 3.05) is 27.9 Å². The topological polar surface area (TPSA) is 278 Å². The lowest BCUT2D eigenvalue weighted by Gasteiger charge is -2.23. The average molecular weight is 870 g/mol. The molecule has 0 aromatic carbocycles. The van der Waals surface area contributed by atoms with Crippen molar-refractivity contribution < 1.29 is 77.0 Å². The van der Waals surface area contributed by atoms with E-state index in [0.29, 0.717) is 31.4 Å². The van der Waals surface area contributed by atoms with Crippen molar-refractivity contribution in [2.24, 2.45) is 0 Å². The quantitative estimate of drug-likeness (QED) is 0.148. The van der Waals surface area contributed by atoms with Crippen LogP contribution in [0.5, 0.6) is 5.75 Å². The Balaban J connectivity index is 0.000000422. The molecule has 4 N–H and O–H groups in total. The third kappa shape index (κ3) is 19.4. The van der Waals surface area contributed by atoms with Crippen LogP contribution in [0.25, 0.3) is 0 Å². The monoisotopic (exact) mass is 869 g/mol. The number of aromatic nitrogens is 1. The second-order valence-corrected chi connectivity index (χ2v) is 17.1. The van der Waals surface area contributed by atoms with Gasteiger partial charge in [-0.25, -0.2) is 14.4 Å². The molecule has 1 aromatic rings. The number of esters is 5. The van der Waals surface area contributed by atoms with Gasteiger partial charge >= 0.3 is 29.8 Å². The Bertz CT molecular complexity index is 1780. The largest absolute Gasteiger partial charge is 0.507 e. The first-order chi connectivity index (χ1) is 28.1. The lowest BCUT2D eigenvalue weighted by Crippen LogP contribution is -2.40. The van der Waals surface area contributed by atoms with Gasteiger partial charge in [0.25, 0.3) is 5.56 Å². The van der Waals surface area contributed by atoms with E-state index in [9.17, 15) is 48.3 Å². The summed E-state index contributed by atoms with van der Waals surface area (Å²) in [7, 11) is 3.98. The van der Waals surface area contributed by atoms with Gasteiger partial charge in [0.15, 0.2) is 11.6 Å². The van der Waals surface area contributed by atoms with Crippen molar-refractivity contribution in [1.29, 1.82) is 0 Å². The standard InChI is InChI=1S/C15H19NO6.C10H19NO3.C9H15NO3.C7H10O5/c1-15(2,3)22-13(19)9-6-5-8-12(14(20)21-4)10(17)7-11(18)16(8)9;1-10(2,3)14-9(12)7-5-6-8(11-7)13-4;1-9(2,3)13-8(12)6-4-5-7(11)10-6;1-12-7(11)3-5(9)2-6(10)4-8/h7,9,17H,5-6H2,1-4H3;7-8,11H,5-6H2,1-4H3;6H,4-5H2,1-3H3,(H,10,11);8H,2-4H2,1H3. The van der Waals surface area contributed by atoms with Gasteiger partial charge in [0.2, 0.25) is 5.91 Å². The summed E-state index contributed by atoms with van der Waals surface area (Å²) >= 11 is 0. The SMILES string of the molecule is CC(C)(C)OC(=O)C1CCC(=O)N1.COC(=O)CC(=O)CC(=O)CO.COC(=O)c1c(O)cc(=O)n2c1CCC2C(=O)OC(C)(C)C.COC1CCC(C(=O)OC(C)(C)C)N1. The number of nitrogens with zero attached hydrogens (tertiary/aromatic N) is 1. The van der Waals surface area contributed by atoms with E-state index in [-0.39, 0.29) is 35.7 Å². The summed E-state index contributed by atoms with van der Waals surface area (Å²) in [4.78, 5) is 102. The molecular weight excluding hydrogens is 806 g/mol. The highest BCUT2D eigenvalue weighted by molar-refractivity contribution is 6.05. The Hall–Kier alpha value is -5.21. The molecule has 4 heterocycles. The molecule has 1 amide bonds. The van der Waals surface area contributed by atoms with Crippen LogP contribution in [-0.2, 0) is 68.4 Å². The predicted molar refractivity (Wildman–Crippen MR) is 215 cm³/mol. The number of fused-ring (bicyclic) bond motifs is 1. The Morgan fingerprint density at radius 1 is 0.705 bits per heavy atom. The Morgan fingerprint density at radius 2 is 1.25 bits per heavy atom. The molecule has 0 spiro atoms. The molecule has 2 fully saturated rings. The summed E-state index contributed by atoms with van der Waals surface area (Å²) in [5.41, 5.74) is -1.89. The van der Waals surface area contributed by atoms with E-state index < -0.39 is 89.1 Å². The van der Waals surface area contributed by atoms with Crippen LogP contribution in [0.2, 0.25) is 0 Å². The molecule has 20 nitrogen and oxygen atoms in total. The average Bonchev–Trinajstić information content (AvgIpc) is 3.90. The van der Waals surface area contributed by atoms with Crippen molar-refractivity contribution in [2.45, 2.75) is 155 Å². The number of methoxy groups -OCH3 is 3. The van der Waals surface area contributed by atoms with Crippen molar-refractivity contribution in [3.8, 4) is 5.75 Å². The third-order valence-corrected chi connectivity index (χ3v) is 8.27. The predicted octanol–water partition coefficient (Wildman–Crippen LogP) is 1.90. The zero-order valence-electron chi connectivity index (χ0n) is 37.2. The van der Waals surface area contributed by atoms with E-state index in [4.69, 9.17) is 24.1 Å². The molecule has 1 aromatic heterocycles. The first kappa shape index (κ1) is 53.8. The molecule has 4 unspecified atom stereocenters. The van der Waals surface area contributed by atoms with Gasteiger partial charge in [0.05, 0.1) is 20.6 Å². The second kappa shape index (κ2) is 23.7. The highest BCUT2D eigenvalue weighted by Crippen LogP contribution is 2.32. The maximum atomic E-state index is 12.3. The van der Waals surface area contributed by atoms with Gasteiger partial charge in [-0.15, -0.1) is 0 Å². The Labute approximate surface area is 355 Å². The molecule has 2 saturated heterocycles. The number of aromatic hydroxyl groups is 1. The molecule has 3 aliphatic rings. The number of aliphatic hydroxyl groups excluding tert-OH is 1. The molecule has 20 heteroatoms. The normalized spacial score (nSPS) is 19.1. The van der Waals surface area contributed by atoms with Crippen LogP contribution in [0.4, 0.5) is 0 Å². The molecule has 0 aliphatic carbocycles. The highest BCUT2D eigenvalue weighted by atomic mass is 16.6. The number of ketones is 2. The number of ether oxygens (including phenoxy) is 6. The Morgan fingerprint density at radius 3 is 1.69 bits per heavy atom. The van der Waals surface area contributed by atoms with Crippen LogP contribution < -0.4 is 16.2 Å². The number of nitrogens with one attached hydrogen (secondary N) is 2. The van der Waals surface area contributed by atoms with Gasteiger partial charge in [-0.05, 0) is 94.4 Å². The number of aliphatic hydroxyl groups is 1. The van der Waals surface area contributed by atoms with Crippen molar-refractivity contribution in [1.82, 2.24) is 15.2 Å². The fourth-order valence-corrected chi connectivity index (χ4v) is 5.76. The first-order valence-electron chi connectivity index (χ1n) is 19.6. The molecule has 0 radical (unpaired) electrons. The summed E-state index contributed by atoms with van der Waals surface area (Å²) in [6.45, 7) is 15.6. The van der Waals surface area contributed by atoms with Crippen LogP contribution in [-0.4, -0.2) is 125 Å². The summed E-state index contributed by atoms with van der Waals surface area (Å²) in [5.74, 6) is -4.12. The number of carbonyl (C=O) groups is 8. The molecule has 4 atom stereocenters. The van der Waals surface area contributed by atoms with E-state index in [0.717, 1.165) is 26.0 Å². The van der Waals surface area contributed by atoms with E-state index in [2.05, 4.69) is 20.1 Å². The molecule has 4 rings (SSSR count). The third-order valence-electron chi connectivity index (χ3n) is 8.27. The molecule has 344 valence electrons. The van der Waals surface area contributed by atoms with Crippen LogP contribution >= 0.6 is 0 Å². The number of amides is 1. The minimum atomic E-state index is -0.800. The van der Waals surface area contributed by atoms with Gasteiger partial charge in [-0.1, -0.05) is 0 Å². The molecular formula is C41H63N3O17. The van der Waals surface area contributed by atoms with Gasteiger partial charge in [-0.2, -0.15) is 0 Å². The van der Waals surface area contributed by atoms with Crippen LogP contribution in [0.1, 0.15) is 129 Å². The summed E-state index contributed by atoms with van der Waals surface area (Å²) in [6, 6.07) is -0.532. The fourth-order valence-electron chi connectivity index (χ4n) is 5.76. The lowest BCUT2D eigenvalue weighted by molar-refractivity contribution is -0.159. The van der Waals surface area contributed by atoms with Crippen LogP contribution in [0.15, 0.2) is 10.9 Å². The minimum absolute atomic E-state index is 0.00693. The van der Waals surface area contributed by atoms with Gasteiger partial charge in [0, 0.05) is 25.3 Å². The summed E-state index contributed by atoms with van der Waals surface area (Å²) in [6.07, 6.45) is 2.42. The molecule has 3 aliphatic heterocycles. The summed E-state index contributed by atoms with van der Waals surface area (Å²) in [5, 5.41) is 23.7. The number of hydrogen-bond donors (Lipinski definition) is 4. The first-order valence-corrected chi connectivity index (χ1v) is 19.6. The van der Waals surface area contributed by atoms with Gasteiger partial charge in [0.1, 0.15) is 65.5 Å². The Kier molecular flexibility index (Phi) is 20.9. The number of hydrogen-bond acceptors (Lipinski definition) is 18. The van der Waals surface area contributed by atoms with Crippen molar-refractivity contribution >= 4 is 47.3 Å². The second-order valence-electron chi connectivity index (χ2n) is 17.1. The molecule has 0 saturated carbocycles. The summed E-state index contributed by atoms with van der Waals surface area (Å²) < 4.78 is 30.8. The maximum absolute atomic E-state index is 12.3. The van der Waals surface area contributed by atoms with E-state index in [1.54, 1.807) is 27.9 Å². The van der Waals surface area contributed by atoms with E-state index in [1.165, 1.54) is 11.7 Å². The van der Waals surface area contributed by atoms with Gasteiger partial charge < -0.3 is 44.0 Å². The van der Waals surface area contributed by atoms with E-state index >= 15 is 0 Å². The van der Waals surface area contributed by atoms with Gasteiger partial charge in [-0.3, -0.25) is 38.7 Å². The lowest BCUT2D eigenvalue weighted by atomic mass is 10.1. The number of Topliss-reactive ketones (excluding diaryl/α,β-unsaturated/α-hetero) is 2. The number of rotatable bonds is 10. The van der Waals surface area contributed by atoms with Crippen molar-refractivity contribution in [3.63, 3.8) is 0 Å². The minimum Gasteiger partial charge on any atom is -0.507 e.